The number of ketones is 1. The van der Waals surface area contributed by atoms with Crippen LogP contribution in [0, 0.1) is 0 Å². The van der Waals surface area contributed by atoms with Gasteiger partial charge in [0.05, 0.1) is 11.8 Å². The van der Waals surface area contributed by atoms with E-state index in [1.165, 1.54) is 36.6 Å². The van der Waals surface area contributed by atoms with E-state index in [-0.39, 0.29) is 23.9 Å². The van der Waals surface area contributed by atoms with Crippen LogP contribution in [0.5, 0.6) is 5.75 Å². The standard InChI is InChI=1S/C20H13BrO6/c21-15-7-3-14(4-8-15)19(23)26-12-17(22)13-5-9-16(10-6-13)27-20(24)18-2-1-11-25-18/h1-11H,12H2. The Balaban J connectivity index is 1.55. The fraction of sp³-hybridized carbons (Fsp3) is 0.0500. The normalized spacial score (nSPS) is 10.3. The molecule has 0 aliphatic heterocycles. The zero-order valence-corrected chi connectivity index (χ0v) is 15.5. The fourth-order valence-electron chi connectivity index (χ4n) is 2.14. The Kier molecular flexibility index (Phi) is 5.83. The molecule has 0 atom stereocenters. The van der Waals surface area contributed by atoms with Crippen molar-refractivity contribution in [3.8, 4) is 5.75 Å². The van der Waals surface area contributed by atoms with Crippen molar-refractivity contribution in [3.05, 3.63) is 88.3 Å². The summed E-state index contributed by atoms with van der Waals surface area (Å²) in [4.78, 5) is 35.9. The lowest BCUT2D eigenvalue weighted by Crippen LogP contribution is -2.14. The Morgan fingerprint density at radius 1 is 0.852 bits per heavy atom. The van der Waals surface area contributed by atoms with Gasteiger partial charge in [-0.3, -0.25) is 4.79 Å². The average molecular weight is 429 g/mol. The zero-order chi connectivity index (χ0) is 19.2. The molecule has 7 heteroatoms. The highest BCUT2D eigenvalue weighted by atomic mass is 79.9. The Hall–Kier alpha value is -3.19. The lowest BCUT2D eigenvalue weighted by molar-refractivity contribution is 0.0474. The van der Waals surface area contributed by atoms with Gasteiger partial charge in [-0.25, -0.2) is 9.59 Å². The number of halogens is 1. The summed E-state index contributed by atoms with van der Waals surface area (Å²) in [5.74, 6) is -1.25. The van der Waals surface area contributed by atoms with Crippen LogP contribution in [0.2, 0.25) is 0 Å². The molecule has 2 aromatic carbocycles. The van der Waals surface area contributed by atoms with Crippen LogP contribution in [0.1, 0.15) is 31.3 Å². The third kappa shape index (κ3) is 4.92. The van der Waals surface area contributed by atoms with Gasteiger partial charge in [-0.2, -0.15) is 0 Å². The van der Waals surface area contributed by atoms with E-state index in [1.807, 2.05) is 0 Å². The van der Waals surface area contributed by atoms with Crippen LogP contribution in [-0.2, 0) is 4.74 Å². The van der Waals surface area contributed by atoms with Gasteiger partial charge in [-0.1, -0.05) is 15.9 Å². The van der Waals surface area contributed by atoms with Gasteiger partial charge in [0.2, 0.25) is 5.76 Å². The van der Waals surface area contributed by atoms with Crippen LogP contribution in [-0.4, -0.2) is 24.3 Å². The number of benzene rings is 2. The molecule has 1 heterocycles. The van der Waals surface area contributed by atoms with Gasteiger partial charge in [0.1, 0.15) is 5.75 Å². The Morgan fingerprint density at radius 3 is 2.15 bits per heavy atom. The summed E-state index contributed by atoms with van der Waals surface area (Å²) >= 11 is 3.28. The first-order valence-electron chi connectivity index (χ1n) is 7.84. The molecule has 0 aliphatic rings. The van der Waals surface area contributed by atoms with E-state index in [9.17, 15) is 14.4 Å². The molecule has 0 radical (unpaired) electrons. The maximum absolute atomic E-state index is 12.1. The van der Waals surface area contributed by atoms with Crippen LogP contribution < -0.4 is 4.74 Å². The second-order valence-corrected chi connectivity index (χ2v) is 6.31. The maximum Gasteiger partial charge on any atom is 0.379 e. The van der Waals surface area contributed by atoms with E-state index < -0.39 is 11.9 Å². The molecular formula is C20H13BrO6. The predicted octanol–water partition coefficient (Wildman–Crippen LogP) is 4.30. The molecule has 27 heavy (non-hydrogen) atoms. The second-order valence-electron chi connectivity index (χ2n) is 5.40. The van der Waals surface area contributed by atoms with Crippen molar-refractivity contribution in [1.82, 2.24) is 0 Å². The molecule has 0 fully saturated rings. The van der Waals surface area contributed by atoms with Crippen molar-refractivity contribution in [1.29, 1.82) is 0 Å². The van der Waals surface area contributed by atoms with Crippen LogP contribution in [0.4, 0.5) is 0 Å². The second kappa shape index (κ2) is 8.46. The third-order valence-corrected chi connectivity index (χ3v) is 4.05. The number of Topliss-reactive ketones (excluding diaryl/α,β-unsaturated/α-hetero) is 1. The first-order chi connectivity index (χ1) is 13.0. The zero-order valence-electron chi connectivity index (χ0n) is 13.9. The van der Waals surface area contributed by atoms with Crippen molar-refractivity contribution < 1.29 is 28.3 Å². The van der Waals surface area contributed by atoms with Gasteiger partial charge in [0.25, 0.3) is 0 Å². The number of hydrogen-bond donors (Lipinski definition) is 0. The number of esters is 2. The molecule has 0 spiro atoms. The summed E-state index contributed by atoms with van der Waals surface area (Å²) in [7, 11) is 0. The minimum atomic E-state index is -0.637. The van der Waals surface area contributed by atoms with Gasteiger partial charge in [-0.15, -0.1) is 0 Å². The molecule has 0 saturated carbocycles. The molecule has 3 rings (SSSR count). The maximum atomic E-state index is 12.1. The largest absolute Gasteiger partial charge is 0.457 e. The van der Waals surface area contributed by atoms with Crippen molar-refractivity contribution in [3.63, 3.8) is 0 Å². The highest BCUT2D eigenvalue weighted by molar-refractivity contribution is 9.10. The van der Waals surface area contributed by atoms with Gasteiger partial charge in [0, 0.05) is 10.0 Å². The van der Waals surface area contributed by atoms with Crippen LogP contribution in [0.25, 0.3) is 0 Å². The smallest absolute Gasteiger partial charge is 0.379 e. The van der Waals surface area contributed by atoms with Crippen molar-refractivity contribution in [2.45, 2.75) is 0 Å². The molecule has 0 aliphatic carbocycles. The first-order valence-corrected chi connectivity index (χ1v) is 8.64. The number of carbonyl (C=O) groups is 3. The molecule has 0 saturated heterocycles. The summed E-state index contributed by atoms with van der Waals surface area (Å²) in [6, 6.07) is 15.6. The van der Waals surface area contributed by atoms with Crippen molar-refractivity contribution >= 4 is 33.7 Å². The summed E-state index contributed by atoms with van der Waals surface area (Å²) < 4.78 is 15.9. The summed E-state index contributed by atoms with van der Waals surface area (Å²) in [5, 5.41) is 0. The van der Waals surface area contributed by atoms with E-state index in [2.05, 4.69) is 15.9 Å². The van der Waals surface area contributed by atoms with Crippen LogP contribution in [0.15, 0.2) is 75.8 Å². The Morgan fingerprint density at radius 2 is 1.52 bits per heavy atom. The number of rotatable bonds is 6. The Bertz CT molecular complexity index is 943. The van der Waals surface area contributed by atoms with Gasteiger partial charge in [-0.05, 0) is 60.7 Å². The fourth-order valence-corrected chi connectivity index (χ4v) is 2.41. The van der Waals surface area contributed by atoms with Crippen molar-refractivity contribution in [2.75, 3.05) is 6.61 Å². The molecule has 0 unspecified atom stereocenters. The molecule has 6 nitrogen and oxygen atoms in total. The van der Waals surface area contributed by atoms with Gasteiger partial charge in [0.15, 0.2) is 12.4 Å². The molecule has 1 aromatic heterocycles. The van der Waals surface area contributed by atoms with Crippen molar-refractivity contribution in [2.24, 2.45) is 0 Å². The lowest BCUT2D eigenvalue weighted by Gasteiger charge is -2.06. The van der Waals surface area contributed by atoms with E-state index in [4.69, 9.17) is 13.9 Å². The van der Waals surface area contributed by atoms with E-state index >= 15 is 0 Å². The quantitative estimate of drug-likeness (QED) is 0.330. The number of hydrogen-bond acceptors (Lipinski definition) is 6. The Labute approximate surface area is 162 Å². The van der Waals surface area contributed by atoms with Crippen LogP contribution in [0.3, 0.4) is 0 Å². The van der Waals surface area contributed by atoms with E-state index in [0.717, 1.165) is 4.47 Å². The molecule has 0 bridgehead atoms. The lowest BCUT2D eigenvalue weighted by atomic mass is 10.1. The molecule has 0 N–H and O–H groups in total. The monoisotopic (exact) mass is 428 g/mol. The summed E-state index contributed by atoms with van der Waals surface area (Å²) in [6.45, 7) is -0.388. The first kappa shape index (κ1) is 18.6. The minimum Gasteiger partial charge on any atom is -0.457 e. The highest BCUT2D eigenvalue weighted by Crippen LogP contribution is 2.16. The summed E-state index contributed by atoms with van der Waals surface area (Å²) in [6.07, 6.45) is 1.37. The van der Waals surface area contributed by atoms with E-state index in [1.54, 1.807) is 30.3 Å². The molecule has 3 aromatic rings. The van der Waals surface area contributed by atoms with Crippen LogP contribution >= 0.6 is 15.9 Å². The van der Waals surface area contributed by atoms with Gasteiger partial charge < -0.3 is 13.9 Å². The number of furan rings is 1. The number of carbonyl (C=O) groups excluding carboxylic acids is 3. The summed E-state index contributed by atoms with van der Waals surface area (Å²) in [5.41, 5.74) is 0.683. The number of ether oxygens (including phenoxy) is 2. The SMILES string of the molecule is O=C(COC(=O)c1ccc(Br)cc1)c1ccc(OC(=O)c2ccco2)cc1. The van der Waals surface area contributed by atoms with Gasteiger partial charge >= 0.3 is 11.9 Å². The minimum absolute atomic E-state index is 0.0787. The average Bonchev–Trinajstić information content (AvgIpc) is 3.22. The third-order valence-electron chi connectivity index (χ3n) is 3.52. The predicted molar refractivity (Wildman–Crippen MR) is 98.9 cm³/mol. The van der Waals surface area contributed by atoms with E-state index in [0.29, 0.717) is 11.1 Å². The topological polar surface area (TPSA) is 82.8 Å². The molecular weight excluding hydrogens is 416 g/mol. The highest BCUT2D eigenvalue weighted by Gasteiger charge is 2.14. The molecule has 136 valence electrons. The molecule has 0 amide bonds.